The number of nitrogens with two attached hydrogens (primary N) is 1. The molecule has 2 rings (SSSR count). The minimum Gasteiger partial charge on any atom is -0.494 e. The Morgan fingerprint density at radius 2 is 1.96 bits per heavy atom. The van der Waals surface area contributed by atoms with Gasteiger partial charge in [0.2, 0.25) is 0 Å². The molecule has 0 aliphatic carbocycles. The van der Waals surface area contributed by atoms with Crippen molar-refractivity contribution in [2.75, 3.05) is 18.5 Å². The third-order valence-electron chi connectivity index (χ3n) is 3.10. The second-order valence-corrected chi connectivity index (χ2v) is 4.72. The number of amides is 1. The van der Waals surface area contributed by atoms with Crippen LogP contribution in [0.25, 0.3) is 0 Å². The molecule has 3 N–H and O–H groups in total. The molecule has 0 spiro atoms. The zero-order valence-corrected chi connectivity index (χ0v) is 13.3. The predicted octanol–water partition coefficient (Wildman–Crippen LogP) is 2.59. The van der Waals surface area contributed by atoms with E-state index in [-0.39, 0.29) is 12.5 Å². The first-order chi connectivity index (χ1) is 11.2. The summed E-state index contributed by atoms with van der Waals surface area (Å²) in [4.78, 5) is 16.5. The van der Waals surface area contributed by atoms with Gasteiger partial charge in [0, 0.05) is 24.4 Å². The molecule has 0 saturated heterocycles. The Labute approximate surface area is 135 Å². The van der Waals surface area contributed by atoms with Crippen molar-refractivity contribution in [1.82, 2.24) is 4.98 Å². The van der Waals surface area contributed by atoms with Crippen molar-refractivity contribution >= 4 is 11.6 Å². The van der Waals surface area contributed by atoms with Crippen LogP contribution in [0.4, 0.5) is 5.69 Å². The van der Waals surface area contributed by atoms with Crippen molar-refractivity contribution in [1.29, 1.82) is 0 Å². The number of nitrogens with zero attached hydrogens (tertiary/aromatic N) is 1. The highest BCUT2D eigenvalue weighted by atomic mass is 16.5. The van der Waals surface area contributed by atoms with Crippen molar-refractivity contribution < 1.29 is 14.3 Å². The van der Waals surface area contributed by atoms with E-state index < -0.39 is 0 Å². The van der Waals surface area contributed by atoms with Crippen LogP contribution in [0.5, 0.6) is 11.5 Å². The van der Waals surface area contributed by atoms with Crippen molar-refractivity contribution in [2.24, 2.45) is 5.73 Å². The molecule has 0 aliphatic heterocycles. The second-order valence-electron chi connectivity index (χ2n) is 4.72. The largest absolute Gasteiger partial charge is 0.494 e. The Morgan fingerprint density at radius 3 is 2.65 bits per heavy atom. The number of carbonyl (C=O) groups excluding carboxylic acids is 1. The van der Waals surface area contributed by atoms with E-state index in [0.29, 0.717) is 41.7 Å². The van der Waals surface area contributed by atoms with Gasteiger partial charge in [0.25, 0.3) is 5.91 Å². The summed E-state index contributed by atoms with van der Waals surface area (Å²) in [6.45, 7) is 5.12. The molecular weight excluding hydrogens is 294 g/mol. The smallest absolute Gasteiger partial charge is 0.255 e. The van der Waals surface area contributed by atoms with E-state index in [0.717, 1.165) is 0 Å². The summed E-state index contributed by atoms with van der Waals surface area (Å²) in [5.41, 5.74) is 7.27. The number of anilines is 1. The molecule has 1 aromatic heterocycles. The monoisotopic (exact) mass is 315 g/mol. The molecule has 2 aromatic rings. The number of hydrogen-bond donors (Lipinski definition) is 2. The molecule has 0 radical (unpaired) electrons. The highest BCUT2D eigenvalue weighted by Crippen LogP contribution is 2.29. The van der Waals surface area contributed by atoms with Crippen molar-refractivity contribution in [3.63, 3.8) is 0 Å². The third kappa shape index (κ3) is 4.43. The van der Waals surface area contributed by atoms with Gasteiger partial charge in [0.05, 0.1) is 24.6 Å². The summed E-state index contributed by atoms with van der Waals surface area (Å²) in [7, 11) is 0. The highest BCUT2D eigenvalue weighted by Gasteiger charge is 2.12. The Kier molecular flexibility index (Phi) is 5.94. The lowest BCUT2D eigenvalue weighted by molar-refractivity contribution is 0.102. The van der Waals surface area contributed by atoms with Crippen molar-refractivity contribution in [3.8, 4) is 11.5 Å². The molecule has 1 heterocycles. The minimum absolute atomic E-state index is 0.253. The summed E-state index contributed by atoms with van der Waals surface area (Å²) in [6.07, 6.45) is 1.57. The summed E-state index contributed by atoms with van der Waals surface area (Å²) in [6, 6.07) is 8.64. The molecule has 0 fully saturated rings. The van der Waals surface area contributed by atoms with E-state index in [1.807, 2.05) is 19.9 Å². The SMILES string of the molecule is CCOc1ccc(OCC)c(NC(=O)c2ccnc(CN)c2)c1. The lowest BCUT2D eigenvalue weighted by Crippen LogP contribution is -2.14. The standard InChI is InChI=1S/C17H21N3O3/c1-3-22-14-5-6-16(23-4-2)15(10-14)20-17(21)12-7-8-19-13(9-12)11-18/h5-10H,3-4,11,18H2,1-2H3,(H,20,21). The van der Waals surface area contributed by atoms with Crippen molar-refractivity contribution in [3.05, 3.63) is 47.8 Å². The Morgan fingerprint density at radius 1 is 1.17 bits per heavy atom. The number of aromatic nitrogens is 1. The quantitative estimate of drug-likeness (QED) is 0.820. The number of nitrogens with one attached hydrogen (secondary N) is 1. The van der Waals surface area contributed by atoms with Crippen LogP contribution in [0.3, 0.4) is 0 Å². The fourth-order valence-electron chi connectivity index (χ4n) is 2.07. The van der Waals surface area contributed by atoms with E-state index in [9.17, 15) is 4.79 Å². The molecule has 0 saturated carbocycles. The van der Waals surface area contributed by atoms with E-state index >= 15 is 0 Å². The molecule has 6 nitrogen and oxygen atoms in total. The lowest BCUT2D eigenvalue weighted by atomic mass is 10.2. The van der Waals surface area contributed by atoms with Gasteiger partial charge in [-0.25, -0.2) is 0 Å². The Hall–Kier alpha value is -2.60. The van der Waals surface area contributed by atoms with Gasteiger partial charge < -0.3 is 20.5 Å². The normalized spacial score (nSPS) is 10.2. The maximum absolute atomic E-state index is 12.4. The van der Waals surface area contributed by atoms with Crippen LogP contribution < -0.4 is 20.5 Å². The zero-order valence-electron chi connectivity index (χ0n) is 13.3. The average Bonchev–Trinajstić information content (AvgIpc) is 2.57. The molecule has 23 heavy (non-hydrogen) atoms. The molecule has 0 unspecified atom stereocenters. The van der Waals surface area contributed by atoms with E-state index in [1.165, 1.54) is 0 Å². The van der Waals surface area contributed by atoms with Gasteiger partial charge in [-0.05, 0) is 38.1 Å². The number of carbonyl (C=O) groups is 1. The molecule has 1 amide bonds. The molecule has 6 heteroatoms. The Balaban J connectivity index is 2.25. The van der Waals surface area contributed by atoms with Gasteiger partial charge in [-0.3, -0.25) is 9.78 Å². The van der Waals surface area contributed by atoms with Crippen LogP contribution in [0.1, 0.15) is 29.9 Å². The molecular formula is C17H21N3O3. The first-order valence-electron chi connectivity index (χ1n) is 7.53. The van der Waals surface area contributed by atoms with E-state index in [2.05, 4.69) is 10.3 Å². The third-order valence-corrected chi connectivity index (χ3v) is 3.10. The number of rotatable bonds is 7. The summed E-state index contributed by atoms with van der Waals surface area (Å²) in [5.74, 6) is 1.01. The molecule has 0 atom stereocenters. The summed E-state index contributed by atoms with van der Waals surface area (Å²) < 4.78 is 11.0. The predicted molar refractivity (Wildman–Crippen MR) is 88.9 cm³/mol. The fourth-order valence-corrected chi connectivity index (χ4v) is 2.07. The molecule has 0 aliphatic rings. The summed E-state index contributed by atoms with van der Waals surface area (Å²) in [5, 5.41) is 2.85. The topological polar surface area (TPSA) is 86.5 Å². The van der Waals surface area contributed by atoms with Gasteiger partial charge in [0.15, 0.2) is 0 Å². The fraction of sp³-hybridized carbons (Fsp3) is 0.294. The number of ether oxygens (including phenoxy) is 2. The molecule has 122 valence electrons. The highest BCUT2D eigenvalue weighted by molar-refractivity contribution is 6.05. The van der Waals surface area contributed by atoms with Gasteiger partial charge in [-0.15, -0.1) is 0 Å². The Bertz CT molecular complexity index is 674. The average molecular weight is 315 g/mol. The van der Waals surface area contributed by atoms with Crippen LogP contribution in [-0.4, -0.2) is 24.1 Å². The second kappa shape index (κ2) is 8.14. The van der Waals surface area contributed by atoms with Crippen LogP contribution in [0.2, 0.25) is 0 Å². The number of hydrogen-bond acceptors (Lipinski definition) is 5. The number of benzene rings is 1. The van der Waals surface area contributed by atoms with Crippen LogP contribution in [0.15, 0.2) is 36.5 Å². The maximum atomic E-state index is 12.4. The first kappa shape index (κ1) is 16.8. The zero-order chi connectivity index (χ0) is 16.7. The van der Waals surface area contributed by atoms with E-state index in [1.54, 1.807) is 30.5 Å². The first-order valence-corrected chi connectivity index (χ1v) is 7.53. The van der Waals surface area contributed by atoms with Crippen molar-refractivity contribution in [2.45, 2.75) is 20.4 Å². The van der Waals surface area contributed by atoms with E-state index in [4.69, 9.17) is 15.2 Å². The minimum atomic E-state index is -0.253. The van der Waals surface area contributed by atoms with Gasteiger partial charge in [-0.2, -0.15) is 0 Å². The van der Waals surface area contributed by atoms with Gasteiger partial charge >= 0.3 is 0 Å². The van der Waals surface area contributed by atoms with Gasteiger partial charge in [0.1, 0.15) is 11.5 Å². The number of pyridine rings is 1. The maximum Gasteiger partial charge on any atom is 0.255 e. The van der Waals surface area contributed by atoms with Crippen LogP contribution in [-0.2, 0) is 6.54 Å². The van der Waals surface area contributed by atoms with Crippen LogP contribution >= 0.6 is 0 Å². The van der Waals surface area contributed by atoms with Gasteiger partial charge in [-0.1, -0.05) is 0 Å². The molecule has 0 bridgehead atoms. The lowest BCUT2D eigenvalue weighted by Gasteiger charge is -2.13. The molecule has 1 aromatic carbocycles. The summed E-state index contributed by atoms with van der Waals surface area (Å²) >= 11 is 0. The van der Waals surface area contributed by atoms with Crippen LogP contribution in [0, 0.1) is 0 Å².